The molecule has 0 radical (unpaired) electrons. The van der Waals surface area contributed by atoms with Crippen LogP contribution in [0.1, 0.15) is 19.4 Å². The maximum absolute atomic E-state index is 14.0. The first-order valence-electron chi connectivity index (χ1n) is 6.57. The fraction of sp³-hybridized carbons (Fsp3) is 0.538. The number of halogens is 2. The minimum absolute atomic E-state index is 0.131. The Balaban J connectivity index is 2.89. The van der Waals surface area contributed by atoms with Crippen LogP contribution in [0.4, 0.5) is 8.78 Å². The van der Waals surface area contributed by atoms with Crippen LogP contribution in [0.3, 0.4) is 0 Å². The molecule has 1 aromatic carbocycles. The maximum Gasteiger partial charge on any atom is 0.243 e. The van der Waals surface area contributed by atoms with Gasteiger partial charge in [0.25, 0.3) is 0 Å². The molecule has 0 aromatic heterocycles. The van der Waals surface area contributed by atoms with Crippen molar-refractivity contribution in [2.75, 3.05) is 20.1 Å². The standard InChI is InChI=1S/C13H21F2N3O2S/c1-9(2)18(3)7-6-17-21(19,20)12-5-4-11(14)10(8-16)13(12)15/h4-5,9,17H,6-8,16H2,1-3H3. The lowest BCUT2D eigenvalue weighted by Crippen LogP contribution is -2.36. The van der Waals surface area contributed by atoms with E-state index in [4.69, 9.17) is 5.73 Å². The lowest BCUT2D eigenvalue weighted by molar-refractivity contribution is 0.278. The van der Waals surface area contributed by atoms with Gasteiger partial charge in [0.2, 0.25) is 10.0 Å². The van der Waals surface area contributed by atoms with Gasteiger partial charge in [0.15, 0.2) is 5.82 Å². The molecule has 0 bridgehead atoms. The summed E-state index contributed by atoms with van der Waals surface area (Å²) in [6.45, 7) is 4.15. The smallest absolute Gasteiger partial charge is 0.243 e. The Kier molecular flexibility index (Phi) is 6.21. The van der Waals surface area contributed by atoms with Gasteiger partial charge in [-0.05, 0) is 33.0 Å². The van der Waals surface area contributed by atoms with Crippen molar-refractivity contribution in [3.8, 4) is 0 Å². The molecule has 120 valence electrons. The van der Waals surface area contributed by atoms with Gasteiger partial charge >= 0.3 is 0 Å². The summed E-state index contributed by atoms with van der Waals surface area (Å²) in [5, 5.41) is 0. The Hall–Kier alpha value is -1.09. The Morgan fingerprint density at radius 2 is 1.95 bits per heavy atom. The number of nitrogens with zero attached hydrogens (tertiary/aromatic N) is 1. The van der Waals surface area contributed by atoms with Crippen molar-refractivity contribution in [3.63, 3.8) is 0 Å². The van der Waals surface area contributed by atoms with Crippen LogP contribution in [0.2, 0.25) is 0 Å². The molecule has 0 unspecified atom stereocenters. The van der Waals surface area contributed by atoms with Gasteiger partial charge < -0.3 is 10.6 Å². The van der Waals surface area contributed by atoms with Gasteiger partial charge in [-0.2, -0.15) is 0 Å². The molecule has 0 aliphatic carbocycles. The van der Waals surface area contributed by atoms with Crippen molar-refractivity contribution < 1.29 is 17.2 Å². The van der Waals surface area contributed by atoms with Crippen molar-refractivity contribution >= 4 is 10.0 Å². The van der Waals surface area contributed by atoms with E-state index in [1.807, 2.05) is 25.8 Å². The van der Waals surface area contributed by atoms with E-state index in [0.717, 1.165) is 12.1 Å². The molecule has 1 rings (SSSR count). The van der Waals surface area contributed by atoms with E-state index in [2.05, 4.69) is 4.72 Å². The molecule has 0 saturated heterocycles. The molecule has 0 amide bonds. The molecule has 1 aromatic rings. The summed E-state index contributed by atoms with van der Waals surface area (Å²) in [5.41, 5.74) is 4.80. The number of hydrogen-bond acceptors (Lipinski definition) is 4. The normalized spacial score (nSPS) is 12.4. The minimum atomic E-state index is -4.04. The summed E-state index contributed by atoms with van der Waals surface area (Å²) in [6.07, 6.45) is 0. The molecular formula is C13H21F2N3O2S. The van der Waals surface area contributed by atoms with Gasteiger partial charge in [0.1, 0.15) is 10.7 Å². The fourth-order valence-corrected chi connectivity index (χ4v) is 2.78. The van der Waals surface area contributed by atoms with Crippen molar-refractivity contribution in [2.45, 2.75) is 31.3 Å². The summed E-state index contributed by atoms with van der Waals surface area (Å²) in [7, 11) is -2.18. The number of nitrogens with two attached hydrogens (primary N) is 1. The van der Waals surface area contributed by atoms with E-state index < -0.39 is 38.7 Å². The third kappa shape index (κ3) is 4.44. The maximum atomic E-state index is 14.0. The van der Waals surface area contributed by atoms with Crippen LogP contribution < -0.4 is 10.5 Å². The van der Waals surface area contributed by atoms with Crippen LogP contribution in [-0.2, 0) is 16.6 Å². The fourth-order valence-electron chi connectivity index (χ4n) is 1.66. The van der Waals surface area contributed by atoms with Gasteiger partial charge in [-0.3, -0.25) is 0 Å². The predicted octanol–water partition coefficient (Wildman–Crippen LogP) is 1.04. The molecule has 0 fully saturated rings. The number of likely N-dealkylation sites (N-methyl/N-ethyl adjacent to an activating group) is 1. The van der Waals surface area contributed by atoms with Gasteiger partial charge in [0.05, 0.1) is 0 Å². The van der Waals surface area contributed by atoms with E-state index in [1.165, 1.54) is 0 Å². The molecule has 0 aliphatic heterocycles. The highest BCUT2D eigenvalue weighted by atomic mass is 32.2. The minimum Gasteiger partial charge on any atom is -0.326 e. The first-order chi connectivity index (χ1) is 9.70. The quantitative estimate of drug-likeness (QED) is 0.787. The van der Waals surface area contributed by atoms with E-state index in [0.29, 0.717) is 6.54 Å². The predicted molar refractivity (Wildman–Crippen MR) is 77.2 cm³/mol. The van der Waals surface area contributed by atoms with E-state index in [-0.39, 0.29) is 12.6 Å². The van der Waals surface area contributed by atoms with E-state index >= 15 is 0 Å². The van der Waals surface area contributed by atoms with Crippen LogP contribution in [0, 0.1) is 11.6 Å². The van der Waals surface area contributed by atoms with Gasteiger partial charge in [0, 0.05) is 31.2 Å². The lowest BCUT2D eigenvalue weighted by atomic mass is 10.2. The zero-order valence-electron chi connectivity index (χ0n) is 12.4. The summed E-state index contributed by atoms with van der Waals surface area (Å²) < 4.78 is 53.7. The van der Waals surface area contributed by atoms with Crippen LogP contribution in [-0.4, -0.2) is 39.5 Å². The molecule has 3 N–H and O–H groups in total. The first kappa shape index (κ1) is 18.0. The highest BCUT2D eigenvalue weighted by Gasteiger charge is 2.22. The van der Waals surface area contributed by atoms with Crippen LogP contribution >= 0.6 is 0 Å². The second-order valence-corrected chi connectivity index (χ2v) is 6.75. The summed E-state index contributed by atoms with van der Waals surface area (Å²) in [5.74, 6) is -1.99. The zero-order valence-corrected chi connectivity index (χ0v) is 13.2. The summed E-state index contributed by atoms with van der Waals surface area (Å²) >= 11 is 0. The van der Waals surface area contributed by atoms with Crippen LogP contribution in [0.15, 0.2) is 17.0 Å². The van der Waals surface area contributed by atoms with Gasteiger partial charge in [-0.25, -0.2) is 21.9 Å². The van der Waals surface area contributed by atoms with Crippen molar-refractivity contribution in [2.24, 2.45) is 5.73 Å². The second-order valence-electron chi connectivity index (χ2n) is 5.01. The SMILES string of the molecule is CC(C)N(C)CCNS(=O)(=O)c1ccc(F)c(CN)c1F. The molecule has 0 saturated carbocycles. The Morgan fingerprint density at radius 1 is 1.33 bits per heavy atom. The molecule has 0 heterocycles. The lowest BCUT2D eigenvalue weighted by Gasteiger charge is -2.21. The van der Waals surface area contributed by atoms with E-state index in [9.17, 15) is 17.2 Å². The number of nitrogens with one attached hydrogen (secondary N) is 1. The highest BCUT2D eigenvalue weighted by Crippen LogP contribution is 2.20. The molecule has 5 nitrogen and oxygen atoms in total. The molecule has 8 heteroatoms. The average Bonchev–Trinajstić information content (AvgIpc) is 2.38. The van der Waals surface area contributed by atoms with Crippen LogP contribution in [0.25, 0.3) is 0 Å². The molecule has 0 aliphatic rings. The highest BCUT2D eigenvalue weighted by molar-refractivity contribution is 7.89. The second kappa shape index (κ2) is 7.26. The van der Waals surface area contributed by atoms with Gasteiger partial charge in [-0.1, -0.05) is 0 Å². The van der Waals surface area contributed by atoms with E-state index in [1.54, 1.807) is 0 Å². The Labute approximate surface area is 124 Å². The number of benzene rings is 1. The number of sulfonamides is 1. The summed E-state index contributed by atoms with van der Waals surface area (Å²) in [4.78, 5) is 1.35. The van der Waals surface area contributed by atoms with Gasteiger partial charge in [-0.15, -0.1) is 0 Å². The molecule has 0 spiro atoms. The third-order valence-electron chi connectivity index (χ3n) is 3.28. The number of rotatable bonds is 7. The van der Waals surface area contributed by atoms with Crippen molar-refractivity contribution in [1.82, 2.24) is 9.62 Å². The Morgan fingerprint density at radius 3 is 2.48 bits per heavy atom. The average molecular weight is 321 g/mol. The molecular weight excluding hydrogens is 300 g/mol. The topological polar surface area (TPSA) is 75.4 Å². The Bertz CT molecular complexity index is 591. The largest absolute Gasteiger partial charge is 0.326 e. The zero-order chi connectivity index (χ0) is 16.2. The number of hydrogen-bond donors (Lipinski definition) is 2. The van der Waals surface area contributed by atoms with Crippen molar-refractivity contribution in [1.29, 1.82) is 0 Å². The third-order valence-corrected chi connectivity index (χ3v) is 4.76. The summed E-state index contributed by atoms with van der Waals surface area (Å²) in [6, 6.07) is 2.07. The first-order valence-corrected chi connectivity index (χ1v) is 8.06. The van der Waals surface area contributed by atoms with Crippen LogP contribution in [0.5, 0.6) is 0 Å². The molecule has 21 heavy (non-hydrogen) atoms. The molecule has 0 atom stereocenters. The van der Waals surface area contributed by atoms with Crippen molar-refractivity contribution in [3.05, 3.63) is 29.3 Å². The monoisotopic (exact) mass is 321 g/mol.